The fourth-order valence-corrected chi connectivity index (χ4v) is 1.57. The number of hydrogen-bond acceptors (Lipinski definition) is 3. The minimum Gasteiger partial charge on any atom is -0.463 e. The molecule has 1 aliphatic heterocycles. The van der Waals surface area contributed by atoms with Crippen LogP contribution in [0.3, 0.4) is 0 Å². The van der Waals surface area contributed by atoms with E-state index >= 15 is 0 Å². The minimum absolute atomic E-state index is 0.249. The van der Waals surface area contributed by atoms with Crippen molar-refractivity contribution < 1.29 is 53.4 Å². The van der Waals surface area contributed by atoms with E-state index in [1.165, 1.54) is 0 Å². The van der Waals surface area contributed by atoms with Crippen LogP contribution >= 0.6 is 0 Å². The van der Waals surface area contributed by atoms with Gasteiger partial charge in [-0.2, -0.15) is 43.9 Å². The highest BCUT2D eigenvalue weighted by Crippen LogP contribution is 2.41. The van der Waals surface area contributed by atoms with Crippen molar-refractivity contribution in [3.8, 4) is 0 Å². The smallest absolute Gasteiger partial charge is 0.453 e. The zero-order valence-electron chi connectivity index (χ0n) is 10.9. The number of allylic oxidation sites excluding steroid dienone is 1. The lowest BCUT2D eigenvalue weighted by Crippen LogP contribution is -2.46. The Hall–Kier alpha value is -1.40. The summed E-state index contributed by atoms with van der Waals surface area (Å²) in [6.07, 6.45) is -23.1. The third-order valence-corrected chi connectivity index (χ3v) is 2.56. The van der Waals surface area contributed by atoms with Gasteiger partial charge in [0, 0.05) is 13.1 Å². The Balaban J connectivity index is 3.21. The van der Waals surface area contributed by atoms with E-state index < -0.39 is 49.4 Å². The van der Waals surface area contributed by atoms with Crippen molar-refractivity contribution in [3.05, 3.63) is 11.7 Å². The van der Waals surface area contributed by atoms with Crippen LogP contribution in [-0.2, 0) is 9.47 Å². The van der Waals surface area contributed by atoms with Gasteiger partial charge >= 0.3 is 18.5 Å². The molecule has 0 spiro atoms. The van der Waals surface area contributed by atoms with Crippen molar-refractivity contribution in [1.82, 2.24) is 4.90 Å². The zero-order chi connectivity index (χ0) is 18.1. The molecule has 0 N–H and O–H groups in total. The maximum atomic E-state index is 13.8. The first-order chi connectivity index (χ1) is 10.2. The molecule has 0 bridgehead atoms. The van der Waals surface area contributed by atoms with Gasteiger partial charge < -0.3 is 14.4 Å². The molecule has 0 aromatic carbocycles. The summed E-state index contributed by atoms with van der Waals surface area (Å²) in [5.74, 6) is -5.35. The standard InChI is InChI=1S/C10H9F10NO2/c11-6(21-1-3-22-4-2-21)5(8(12,13)14)23-7(9(15,16)17)10(18,19)20/h7H,1-4H2/b6-5-. The molecule has 0 radical (unpaired) electrons. The summed E-state index contributed by atoms with van der Waals surface area (Å²) < 4.78 is 133. The molecule has 0 unspecified atom stereocenters. The molecule has 23 heavy (non-hydrogen) atoms. The average Bonchev–Trinajstić information content (AvgIpc) is 2.35. The van der Waals surface area contributed by atoms with Gasteiger partial charge in [0.1, 0.15) is 0 Å². The molecule has 3 nitrogen and oxygen atoms in total. The first-order valence-corrected chi connectivity index (χ1v) is 5.84. The lowest BCUT2D eigenvalue weighted by atomic mass is 10.3. The third-order valence-electron chi connectivity index (χ3n) is 2.56. The van der Waals surface area contributed by atoms with E-state index in [0.717, 1.165) is 0 Å². The zero-order valence-corrected chi connectivity index (χ0v) is 10.9. The topological polar surface area (TPSA) is 21.7 Å². The molecule has 1 heterocycles. The van der Waals surface area contributed by atoms with Crippen LogP contribution in [0.1, 0.15) is 0 Å². The van der Waals surface area contributed by atoms with Crippen LogP contribution in [0.15, 0.2) is 11.7 Å². The van der Waals surface area contributed by atoms with Gasteiger partial charge in [0.05, 0.1) is 13.2 Å². The average molecular weight is 365 g/mol. The number of alkyl halides is 9. The molecule has 136 valence electrons. The fraction of sp³-hybridized carbons (Fsp3) is 0.800. The summed E-state index contributed by atoms with van der Waals surface area (Å²) in [5.41, 5.74) is 0. The van der Waals surface area contributed by atoms with Crippen molar-refractivity contribution in [2.24, 2.45) is 0 Å². The van der Waals surface area contributed by atoms with Gasteiger partial charge in [-0.05, 0) is 0 Å². The summed E-state index contributed by atoms with van der Waals surface area (Å²) in [7, 11) is 0. The maximum absolute atomic E-state index is 13.8. The normalized spacial score (nSPS) is 19.0. The molecule has 1 saturated heterocycles. The lowest BCUT2D eigenvalue weighted by molar-refractivity contribution is -0.322. The Morgan fingerprint density at radius 1 is 0.870 bits per heavy atom. The van der Waals surface area contributed by atoms with E-state index in [-0.39, 0.29) is 18.1 Å². The Kier molecular flexibility index (Phi) is 5.65. The summed E-state index contributed by atoms with van der Waals surface area (Å²) in [6.45, 7) is -1.48. The van der Waals surface area contributed by atoms with E-state index in [4.69, 9.17) is 4.74 Å². The van der Waals surface area contributed by atoms with Crippen LogP contribution in [0, 0.1) is 0 Å². The van der Waals surface area contributed by atoms with Crippen LogP contribution < -0.4 is 0 Å². The van der Waals surface area contributed by atoms with Gasteiger partial charge in [-0.25, -0.2) is 0 Å². The first kappa shape index (κ1) is 19.6. The van der Waals surface area contributed by atoms with Crippen LogP contribution in [-0.4, -0.2) is 55.8 Å². The van der Waals surface area contributed by atoms with Gasteiger partial charge in [0.2, 0.25) is 5.95 Å². The fourth-order valence-electron chi connectivity index (χ4n) is 1.57. The van der Waals surface area contributed by atoms with Crippen LogP contribution in [0.2, 0.25) is 0 Å². The molecule has 13 heteroatoms. The van der Waals surface area contributed by atoms with E-state index in [9.17, 15) is 43.9 Å². The minimum atomic E-state index is -6.21. The molecule has 0 atom stereocenters. The summed E-state index contributed by atoms with van der Waals surface area (Å²) in [5, 5.41) is 0. The Labute approximate surface area is 122 Å². The summed E-state index contributed by atoms with van der Waals surface area (Å²) in [6, 6.07) is 0. The number of rotatable bonds is 3. The predicted octanol–water partition coefficient (Wildman–Crippen LogP) is 3.53. The largest absolute Gasteiger partial charge is 0.463 e. The van der Waals surface area contributed by atoms with Crippen molar-refractivity contribution in [3.63, 3.8) is 0 Å². The number of ether oxygens (including phenoxy) is 2. The van der Waals surface area contributed by atoms with Crippen molar-refractivity contribution >= 4 is 0 Å². The number of morpholine rings is 1. The predicted molar refractivity (Wildman–Crippen MR) is 53.6 cm³/mol. The monoisotopic (exact) mass is 365 g/mol. The highest BCUT2D eigenvalue weighted by Gasteiger charge is 2.61. The highest BCUT2D eigenvalue weighted by atomic mass is 19.4. The van der Waals surface area contributed by atoms with Gasteiger partial charge in [-0.1, -0.05) is 0 Å². The molecular formula is C10H9F10NO2. The van der Waals surface area contributed by atoms with Crippen molar-refractivity contribution in [1.29, 1.82) is 0 Å². The number of hydrogen-bond donors (Lipinski definition) is 0. The molecule has 0 amide bonds. The second kappa shape index (κ2) is 6.61. The highest BCUT2D eigenvalue weighted by molar-refractivity contribution is 5.08. The van der Waals surface area contributed by atoms with Gasteiger partial charge in [0.25, 0.3) is 11.9 Å². The molecule has 0 aromatic rings. The lowest BCUT2D eigenvalue weighted by Gasteiger charge is -2.30. The van der Waals surface area contributed by atoms with E-state index in [0.29, 0.717) is 0 Å². The second-order valence-corrected chi connectivity index (χ2v) is 4.30. The summed E-state index contributed by atoms with van der Waals surface area (Å²) >= 11 is 0. The van der Waals surface area contributed by atoms with Crippen LogP contribution in [0.4, 0.5) is 43.9 Å². The van der Waals surface area contributed by atoms with Crippen LogP contribution in [0.5, 0.6) is 0 Å². The van der Waals surface area contributed by atoms with Gasteiger partial charge in [-0.3, -0.25) is 0 Å². The molecule has 1 fully saturated rings. The number of nitrogens with zero attached hydrogens (tertiary/aromatic N) is 1. The number of halogens is 10. The quantitative estimate of drug-likeness (QED) is 0.434. The second-order valence-electron chi connectivity index (χ2n) is 4.30. The Morgan fingerprint density at radius 3 is 1.65 bits per heavy atom. The van der Waals surface area contributed by atoms with E-state index in [1.54, 1.807) is 0 Å². The van der Waals surface area contributed by atoms with Crippen LogP contribution in [0.25, 0.3) is 0 Å². The van der Waals surface area contributed by atoms with Crippen molar-refractivity contribution in [2.75, 3.05) is 26.3 Å². The molecule has 0 aromatic heterocycles. The molecule has 1 rings (SSSR count). The first-order valence-electron chi connectivity index (χ1n) is 5.84. The SMILES string of the molecule is F/C(=C(/OC(C(F)(F)F)C(F)(F)F)C(F)(F)F)N1CCOCC1. The van der Waals surface area contributed by atoms with Gasteiger partial charge in [-0.15, -0.1) is 0 Å². The van der Waals surface area contributed by atoms with E-state index in [1.807, 2.05) is 0 Å². The molecular weight excluding hydrogens is 356 g/mol. The van der Waals surface area contributed by atoms with E-state index in [2.05, 4.69) is 4.74 Å². The molecule has 0 aliphatic carbocycles. The molecule has 1 aliphatic rings. The van der Waals surface area contributed by atoms with Crippen molar-refractivity contribution in [2.45, 2.75) is 24.6 Å². The Morgan fingerprint density at radius 2 is 1.30 bits per heavy atom. The van der Waals surface area contributed by atoms with Gasteiger partial charge in [0.15, 0.2) is 0 Å². The third kappa shape index (κ3) is 5.32. The Bertz CT molecular complexity index is 418. The maximum Gasteiger partial charge on any atom is 0.453 e. The molecule has 0 saturated carbocycles. The summed E-state index contributed by atoms with van der Waals surface area (Å²) in [4.78, 5) is 0.288.